The zero-order chi connectivity index (χ0) is 14.4. The number of anilines is 1. The van der Waals surface area contributed by atoms with E-state index in [-0.39, 0.29) is 5.82 Å². The summed E-state index contributed by atoms with van der Waals surface area (Å²) in [6.45, 7) is 1.98. The first kappa shape index (κ1) is 13.8. The lowest BCUT2D eigenvalue weighted by atomic mass is 10.2. The van der Waals surface area contributed by atoms with E-state index in [1.165, 1.54) is 6.07 Å². The maximum atomic E-state index is 13.8. The van der Waals surface area contributed by atoms with Crippen LogP contribution in [-0.4, -0.2) is 9.55 Å². The zero-order valence-electron chi connectivity index (χ0n) is 10.5. The van der Waals surface area contributed by atoms with Crippen LogP contribution in [0.2, 0.25) is 0 Å². The molecule has 6 heteroatoms. The molecule has 0 atom stereocenters. The molecule has 0 unspecified atom stereocenters. The number of halogens is 3. The molecular formula is C14H10BrFIN3. The molecule has 2 N–H and O–H groups in total. The summed E-state index contributed by atoms with van der Waals surface area (Å²) in [4.78, 5) is 4.32. The van der Waals surface area contributed by atoms with E-state index < -0.39 is 0 Å². The number of rotatable bonds is 1. The van der Waals surface area contributed by atoms with Crippen molar-refractivity contribution in [1.82, 2.24) is 9.55 Å². The number of imidazole rings is 1. The summed E-state index contributed by atoms with van der Waals surface area (Å²) >= 11 is 5.44. The van der Waals surface area contributed by atoms with E-state index in [0.29, 0.717) is 20.6 Å². The van der Waals surface area contributed by atoms with E-state index in [1.54, 1.807) is 10.6 Å². The molecule has 0 amide bonds. The van der Waals surface area contributed by atoms with Crippen LogP contribution in [0.5, 0.6) is 0 Å². The fraction of sp³-hybridized carbons (Fsp3) is 0.0714. The van der Waals surface area contributed by atoms with Crippen LogP contribution < -0.4 is 5.73 Å². The molecule has 0 aliphatic rings. The predicted molar refractivity (Wildman–Crippen MR) is 90.6 cm³/mol. The molecule has 0 bridgehead atoms. The summed E-state index contributed by atoms with van der Waals surface area (Å²) in [6, 6.07) is 8.98. The summed E-state index contributed by atoms with van der Waals surface area (Å²) in [6.07, 6.45) is 0. The minimum atomic E-state index is -0.271. The highest BCUT2D eigenvalue weighted by molar-refractivity contribution is 14.1. The van der Waals surface area contributed by atoms with Crippen molar-refractivity contribution in [1.29, 1.82) is 0 Å². The first-order chi connectivity index (χ1) is 9.49. The number of hydrogen-bond acceptors (Lipinski definition) is 2. The standard InChI is InChI=1S/C14H10BrFIN3/c1-7-8(15)3-2-4-12(7)20-13-5-9(16)10(17)6-11(13)19-14(20)18/h2-6H,1H3,(H2,18,19). The van der Waals surface area contributed by atoms with Gasteiger partial charge in [-0.15, -0.1) is 0 Å². The van der Waals surface area contributed by atoms with Crippen molar-refractivity contribution < 1.29 is 4.39 Å². The molecule has 1 aromatic heterocycles. The highest BCUT2D eigenvalue weighted by atomic mass is 127. The molecule has 0 aliphatic heterocycles. The number of hydrogen-bond donors (Lipinski definition) is 1. The van der Waals surface area contributed by atoms with Gasteiger partial charge < -0.3 is 5.73 Å². The first-order valence-corrected chi connectivity index (χ1v) is 7.74. The maximum absolute atomic E-state index is 13.8. The molecular weight excluding hydrogens is 436 g/mol. The molecule has 102 valence electrons. The molecule has 0 spiro atoms. The molecule has 2 aromatic carbocycles. The van der Waals surface area contributed by atoms with Gasteiger partial charge in [-0.2, -0.15) is 0 Å². The number of aromatic nitrogens is 2. The molecule has 0 saturated carbocycles. The molecule has 3 aromatic rings. The molecule has 20 heavy (non-hydrogen) atoms. The fourth-order valence-electron chi connectivity index (χ4n) is 2.18. The molecule has 3 rings (SSSR count). The van der Waals surface area contributed by atoms with Crippen molar-refractivity contribution in [2.24, 2.45) is 0 Å². The van der Waals surface area contributed by atoms with Crippen LogP contribution in [0, 0.1) is 16.3 Å². The van der Waals surface area contributed by atoms with Crippen molar-refractivity contribution in [3.63, 3.8) is 0 Å². The Labute approximate surface area is 137 Å². The van der Waals surface area contributed by atoms with Gasteiger partial charge in [0.1, 0.15) is 5.82 Å². The summed E-state index contributed by atoms with van der Waals surface area (Å²) in [5.41, 5.74) is 9.29. The van der Waals surface area contributed by atoms with E-state index in [1.807, 2.05) is 47.7 Å². The lowest BCUT2D eigenvalue weighted by Crippen LogP contribution is -2.03. The second kappa shape index (κ2) is 5.00. The third-order valence-corrected chi connectivity index (χ3v) is 4.89. The van der Waals surface area contributed by atoms with Crippen molar-refractivity contribution in [3.05, 3.63) is 49.8 Å². The number of nitrogens with two attached hydrogens (primary N) is 1. The van der Waals surface area contributed by atoms with Gasteiger partial charge >= 0.3 is 0 Å². The first-order valence-electron chi connectivity index (χ1n) is 5.87. The Kier molecular flexibility index (Phi) is 3.45. The molecule has 3 nitrogen and oxygen atoms in total. The van der Waals surface area contributed by atoms with Gasteiger partial charge in [-0.3, -0.25) is 4.57 Å². The van der Waals surface area contributed by atoms with Gasteiger partial charge in [-0.05, 0) is 53.3 Å². The Morgan fingerprint density at radius 2 is 2.10 bits per heavy atom. The Balaban J connectivity index is 2.39. The summed E-state index contributed by atoms with van der Waals surface area (Å²) < 4.78 is 17.1. The minimum absolute atomic E-state index is 0.271. The fourth-order valence-corrected chi connectivity index (χ4v) is 2.99. The summed E-state index contributed by atoms with van der Waals surface area (Å²) in [5, 5.41) is 0. The van der Waals surface area contributed by atoms with Crippen LogP contribution in [0.4, 0.5) is 10.3 Å². The van der Waals surface area contributed by atoms with Gasteiger partial charge in [0, 0.05) is 10.5 Å². The van der Waals surface area contributed by atoms with Crippen molar-refractivity contribution >= 4 is 55.5 Å². The van der Waals surface area contributed by atoms with Gasteiger partial charge in [-0.25, -0.2) is 9.37 Å². The average Bonchev–Trinajstić information content (AvgIpc) is 2.69. The Morgan fingerprint density at radius 1 is 1.35 bits per heavy atom. The summed E-state index contributed by atoms with van der Waals surface area (Å²) in [5.74, 6) is 0.0782. The van der Waals surface area contributed by atoms with Crippen LogP contribution in [0.15, 0.2) is 34.8 Å². The van der Waals surface area contributed by atoms with E-state index >= 15 is 0 Å². The lowest BCUT2D eigenvalue weighted by Gasteiger charge is -2.11. The normalized spacial score (nSPS) is 11.2. The van der Waals surface area contributed by atoms with Gasteiger partial charge in [-0.1, -0.05) is 22.0 Å². The van der Waals surface area contributed by atoms with Crippen molar-refractivity contribution in [2.45, 2.75) is 6.92 Å². The highest BCUT2D eigenvalue weighted by Gasteiger charge is 2.15. The van der Waals surface area contributed by atoms with Gasteiger partial charge in [0.2, 0.25) is 5.95 Å². The number of nitrogen functional groups attached to an aromatic ring is 1. The molecule has 0 fully saturated rings. The molecule has 0 saturated heterocycles. The Bertz CT molecular complexity index is 829. The third-order valence-electron chi connectivity index (χ3n) is 3.20. The van der Waals surface area contributed by atoms with Gasteiger partial charge in [0.25, 0.3) is 0 Å². The van der Waals surface area contributed by atoms with Crippen LogP contribution >= 0.6 is 38.5 Å². The van der Waals surface area contributed by atoms with Crippen molar-refractivity contribution in [3.8, 4) is 5.69 Å². The molecule has 0 aliphatic carbocycles. The van der Waals surface area contributed by atoms with Crippen LogP contribution in [0.3, 0.4) is 0 Å². The zero-order valence-corrected chi connectivity index (χ0v) is 14.2. The van der Waals surface area contributed by atoms with E-state index in [2.05, 4.69) is 20.9 Å². The molecule has 0 radical (unpaired) electrons. The Hall–Kier alpha value is -1.15. The summed E-state index contributed by atoms with van der Waals surface area (Å²) in [7, 11) is 0. The third kappa shape index (κ3) is 2.10. The second-order valence-corrected chi connectivity index (χ2v) is 6.46. The lowest BCUT2D eigenvalue weighted by molar-refractivity contribution is 0.622. The number of nitrogens with zero attached hydrogens (tertiary/aromatic N) is 2. The van der Waals surface area contributed by atoms with Gasteiger partial charge in [0.15, 0.2) is 0 Å². The minimum Gasteiger partial charge on any atom is -0.369 e. The second-order valence-electron chi connectivity index (χ2n) is 4.44. The Morgan fingerprint density at radius 3 is 2.85 bits per heavy atom. The van der Waals surface area contributed by atoms with Crippen LogP contribution in [-0.2, 0) is 0 Å². The number of benzene rings is 2. The largest absolute Gasteiger partial charge is 0.369 e. The monoisotopic (exact) mass is 445 g/mol. The SMILES string of the molecule is Cc1c(Br)cccc1-n1c(N)nc2cc(I)c(F)cc21. The molecule has 1 heterocycles. The van der Waals surface area contributed by atoms with Gasteiger partial charge in [0.05, 0.1) is 20.3 Å². The van der Waals surface area contributed by atoms with Crippen LogP contribution in [0.1, 0.15) is 5.56 Å². The average molecular weight is 446 g/mol. The van der Waals surface area contributed by atoms with E-state index in [4.69, 9.17) is 5.73 Å². The number of fused-ring (bicyclic) bond motifs is 1. The highest BCUT2D eigenvalue weighted by Crippen LogP contribution is 2.30. The van der Waals surface area contributed by atoms with E-state index in [0.717, 1.165) is 15.7 Å². The van der Waals surface area contributed by atoms with Crippen LogP contribution in [0.25, 0.3) is 16.7 Å². The van der Waals surface area contributed by atoms with E-state index in [9.17, 15) is 4.39 Å². The maximum Gasteiger partial charge on any atom is 0.205 e. The van der Waals surface area contributed by atoms with Crippen molar-refractivity contribution in [2.75, 3.05) is 5.73 Å². The quantitative estimate of drug-likeness (QED) is 0.563. The smallest absolute Gasteiger partial charge is 0.205 e. The predicted octanol–water partition coefficient (Wildman–Crippen LogP) is 4.42. The topological polar surface area (TPSA) is 43.8 Å².